The Hall–Kier alpha value is -3.61. The summed E-state index contributed by atoms with van der Waals surface area (Å²) in [5.74, 6) is -2.07. The molecule has 2 N–H and O–H groups in total. The molecule has 1 atom stereocenters. The van der Waals surface area contributed by atoms with Crippen molar-refractivity contribution < 1.29 is 24.2 Å². The first-order valence-electron chi connectivity index (χ1n) is 9.13. The van der Waals surface area contributed by atoms with E-state index in [0.717, 1.165) is 0 Å². The van der Waals surface area contributed by atoms with Crippen molar-refractivity contribution in [1.29, 1.82) is 0 Å². The number of hydrogen-bond acceptors (Lipinski definition) is 5. The Labute approximate surface area is 169 Å². The number of hydrogen-bond donors (Lipinski definition) is 2. The van der Waals surface area contributed by atoms with Crippen LogP contribution in [0.2, 0.25) is 0 Å². The maximum atomic E-state index is 12.6. The Morgan fingerprint density at radius 3 is 2.31 bits per heavy atom. The Morgan fingerprint density at radius 2 is 1.69 bits per heavy atom. The number of carboxylic acids is 1. The third-order valence-corrected chi connectivity index (χ3v) is 3.77. The molecule has 2 amide bonds. The Kier molecular flexibility index (Phi) is 7.54. The summed E-state index contributed by atoms with van der Waals surface area (Å²) in [4.78, 5) is 36.0. The Morgan fingerprint density at radius 1 is 1.00 bits per heavy atom. The van der Waals surface area contributed by atoms with E-state index in [9.17, 15) is 19.5 Å². The third kappa shape index (κ3) is 6.80. The van der Waals surface area contributed by atoms with Crippen LogP contribution in [0.3, 0.4) is 0 Å². The lowest BCUT2D eigenvalue weighted by Gasteiger charge is -2.17. The molecular weight excluding hydrogens is 372 g/mol. The van der Waals surface area contributed by atoms with Gasteiger partial charge in [-0.15, -0.1) is 0 Å². The predicted octanol–water partition coefficient (Wildman–Crippen LogP) is 1.50. The van der Waals surface area contributed by atoms with Gasteiger partial charge in [0.2, 0.25) is 0 Å². The molecule has 0 aliphatic heterocycles. The minimum atomic E-state index is -1.43. The summed E-state index contributed by atoms with van der Waals surface area (Å²) in [6, 6.07) is 14.1. The van der Waals surface area contributed by atoms with Crippen molar-refractivity contribution in [3.63, 3.8) is 0 Å². The van der Waals surface area contributed by atoms with E-state index < -0.39 is 23.8 Å². The number of aliphatic carboxylic acids is 1. The molecule has 0 fully saturated rings. The van der Waals surface area contributed by atoms with Gasteiger partial charge < -0.3 is 25.3 Å². The molecule has 7 heteroatoms. The van der Waals surface area contributed by atoms with Gasteiger partial charge in [0.1, 0.15) is 11.4 Å². The number of rotatable bonds is 8. The molecule has 0 aromatic heterocycles. The van der Waals surface area contributed by atoms with Crippen molar-refractivity contribution in [2.45, 2.75) is 32.9 Å². The van der Waals surface area contributed by atoms with Gasteiger partial charge in [-0.05, 0) is 56.7 Å². The van der Waals surface area contributed by atoms with Crippen molar-refractivity contribution in [2.24, 2.45) is 0 Å². The van der Waals surface area contributed by atoms with E-state index >= 15 is 0 Å². The Balaban J connectivity index is 2.33. The van der Waals surface area contributed by atoms with Crippen molar-refractivity contribution in [2.75, 3.05) is 0 Å². The summed E-state index contributed by atoms with van der Waals surface area (Å²) in [7, 11) is 0. The van der Waals surface area contributed by atoms with Crippen LogP contribution in [0.15, 0.2) is 60.3 Å². The van der Waals surface area contributed by atoms with Gasteiger partial charge in [0.15, 0.2) is 0 Å². The lowest BCUT2D eigenvalue weighted by Crippen LogP contribution is -2.48. The molecule has 0 spiro atoms. The fraction of sp³-hybridized carbons (Fsp3) is 0.227. The molecule has 0 radical (unpaired) electrons. The third-order valence-electron chi connectivity index (χ3n) is 3.77. The van der Waals surface area contributed by atoms with E-state index in [0.29, 0.717) is 16.9 Å². The molecule has 0 bridgehead atoms. The van der Waals surface area contributed by atoms with Crippen LogP contribution < -0.4 is 20.5 Å². The molecule has 0 aliphatic rings. The molecule has 7 nitrogen and oxygen atoms in total. The molecule has 152 valence electrons. The molecule has 0 heterocycles. The summed E-state index contributed by atoms with van der Waals surface area (Å²) in [6.45, 7) is 5.06. The summed E-state index contributed by atoms with van der Waals surface area (Å²) in [6.07, 6.45) is 1.42. The van der Waals surface area contributed by atoms with Crippen molar-refractivity contribution in [1.82, 2.24) is 10.6 Å². The highest BCUT2D eigenvalue weighted by Gasteiger charge is 2.17. The standard InChI is InChI=1S/C22H24N2O5/c1-14(2)29-18-11-7-8-16(12-18)13-19(21(26)23-15(3)22(27)28)24-20(25)17-9-5-4-6-10-17/h4-15H,1-3H3,(H,23,26)(H,24,25)(H,27,28)/p-1/b19-13+/t15-/m0/s1. The predicted molar refractivity (Wildman–Crippen MR) is 107 cm³/mol. The fourth-order valence-corrected chi connectivity index (χ4v) is 2.39. The van der Waals surface area contributed by atoms with Crippen LogP contribution >= 0.6 is 0 Å². The van der Waals surface area contributed by atoms with Crippen molar-refractivity contribution in [3.05, 3.63) is 71.4 Å². The molecule has 0 unspecified atom stereocenters. The first kappa shape index (κ1) is 21.7. The van der Waals surface area contributed by atoms with Gasteiger partial charge in [-0.2, -0.15) is 0 Å². The van der Waals surface area contributed by atoms with Gasteiger partial charge in [-0.3, -0.25) is 9.59 Å². The fourth-order valence-electron chi connectivity index (χ4n) is 2.39. The molecular formula is C22H23N2O5-. The van der Waals surface area contributed by atoms with E-state index in [1.807, 2.05) is 13.8 Å². The number of benzene rings is 2. The number of carbonyl (C=O) groups excluding carboxylic acids is 3. The molecule has 2 aromatic rings. The highest BCUT2D eigenvalue weighted by Crippen LogP contribution is 2.17. The number of nitrogens with one attached hydrogen (secondary N) is 2. The quantitative estimate of drug-likeness (QED) is 0.659. The Bertz CT molecular complexity index is 906. The minimum absolute atomic E-state index is 0.0290. The molecule has 0 saturated carbocycles. The van der Waals surface area contributed by atoms with Crippen LogP contribution in [0.5, 0.6) is 5.75 Å². The average Bonchev–Trinajstić information content (AvgIpc) is 2.67. The molecule has 0 aliphatic carbocycles. The van der Waals surface area contributed by atoms with Gasteiger partial charge in [-0.25, -0.2) is 0 Å². The monoisotopic (exact) mass is 395 g/mol. The molecule has 29 heavy (non-hydrogen) atoms. The summed E-state index contributed by atoms with van der Waals surface area (Å²) >= 11 is 0. The van der Waals surface area contributed by atoms with Gasteiger partial charge in [0, 0.05) is 5.56 Å². The van der Waals surface area contributed by atoms with Crippen molar-refractivity contribution >= 4 is 23.9 Å². The van der Waals surface area contributed by atoms with E-state index in [2.05, 4.69) is 10.6 Å². The lowest BCUT2D eigenvalue weighted by molar-refractivity contribution is -0.307. The summed E-state index contributed by atoms with van der Waals surface area (Å²) < 4.78 is 5.64. The van der Waals surface area contributed by atoms with Crippen LogP contribution in [-0.4, -0.2) is 29.9 Å². The molecule has 2 aromatic carbocycles. The highest BCUT2D eigenvalue weighted by atomic mass is 16.5. The highest BCUT2D eigenvalue weighted by molar-refractivity contribution is 6.06. The van der Waals surface area contributed by atoms with Crippen LogP contribution in [0.4, 0.5) is 0 Å². The van der Waals surface area contributed by atoms with Crippen LogP contribution in [0.1, 0.15) is 36.7 Å². The minimum Gasteiger partial charge on any atom is -0.548 e. The number of carboxylic acid groups (broad SMARTS) is 1. The first-order chi connectivity index (χ1) is 13.8. The maximum Gasteiger partial charge on any atom is 0.268 e. The van der Waals surface area contributed by atoms with Gasteiger partial charge in [0.25, 0.3) is 11.8 Å². The number of carbonyl (C=O) groups is 3. The second kappa shape index (κ2) is 10.1. The van der Waals surface area contributed by atoms with Gasteiger partial charge in [0.05, 0.1) is 18.1 Å². The normalized spacial score (nSPS) is 12.2. The molecule has 2 rings (SSSR count). The van der Waals surface area contributed by atoms with Crippen LogP contribution in [-0.2, 0) is 9.59 Å². The summed E-state index contributed by atoms with van der Waals surface area (Å²) in [5, 5.41) is 15.8. The summed E-state index contributed by atoms with van der Waals surface area (Å²) in [5.41, 5.74) is 0.854. The van der Waals surface area contributed by atoms with E-state index in [1.54, 1.807) is 54.6 Å². The topological polar surface area (TPSA) is 108 Å². The van der Waals surface area contributed by atoms with E-state index in [1.165, 1.54) is 13.0 Å². The SMILES string of the molecule is CC(C)Oc1cccc(/C=C(/NC(=O)c2ccccc2)C(=O)N[C@@H](C)C(=O)[O-])c1. The zero-order chi connectivity index (χ0) is 21.4. The van der Waals surface area contributed by atoms with E-state index in [-0.39, 0.29) is 11.8 Å². The number of ether oxygens (including phenoxy) is 1. The van der Waals surface area contributed by atoms with Gasteiger partial charge >= 0.3 is 0 Å². The first-order valence-corrected chi connectivity index (χ1v) is 9.13. The van der Waals surface area contributed by atoms with Crippen LogP contribution in [0, 0.1) is 0 Å². The second-order valence-electron chi connectivity index (χ2n) is 6.63. The zero-order valence-electron chi connectivity index (χ0n) is 16.5. The molecule has 0 saturated heterocycles. The van der Waals surface area contributed by atoms with Gasteiger partial charge in [-0.1, -0.05) is 30.3 Å². The zero-order valence-corrected chi connectivity index (χ0v) is 16.5. The largest absolute Gasteiger partial charge is 0.548 e. The van der Waals surface area contributed by atoms with Crippen molar-refractivity contribution in [3.8, 4) is 5.75 Å². The number of amides is 2. The average molecular weight is 395 g/mol. The maximum absolute atomic E-state index is 12.6. The lowest BCUT2D eigenvalue weighted by atomic mass is 10.1. The van der Waals surface area contributed by atoms with E-state index in [4.69, 9.17) is 4.74 Å². The smallest absolute Gasteiger partial charge is 0.268 e. The second-order valence-corrected chi connectivity index (χ2v) is 6.63. The van der Waals surface area contributed by atoms with Crippen LogP contribution in [0.25, 0.3) is 6.08 Å².